The van der Waals surface area contributed by atoms with Gasteiger partial charge >= 0.3 is 0 Å². The van der Waals surface area contributed by atoms with Gasteiger partial charge in [-0.3, -0.25) is 4.98 Å². The van der Waals surface area contributed by atoms with E-state index in [1.807, 2.05) is 24.3 Å². The van der Waals surface area contributed by atoms with Crippen LogP contribution in [-0.4, -0.2) is 4.98 Å². The quantitative estimate of drug-likeness (QED) is 0.691. The first-order valence-electron chi connectivity index (χ1n) is 6.00. The average molecular weight is 266 g/mol. The summed E-state index contributed by atoms with van der Waals surface area (Å²) in [4.78, 5) is 4.71. The topological polar surface area (TPSA) is 12.9 Å². The SMILES string of the molecule is Clc1ccc2c(Cl)cc(C3CCCC3)nc2c1. The van der Waals surface area contributed by atoms with E-state index >= 15 is 0 Å². The molecule has 2 aromatic rings. The van der Waals surface area contributed by atoms with E-state index in [1.54, 1.807) is 0 Å². The van der Waals surface area contributed by atoms with Crippen molar-refractivity contribution in [3.05, 3.63) is 40.0 Å². The highest BCUT2D eigenvalue weighted by Crippen LogP contribution is 2.36. The second-order valence-corrected chi connectivity index (χ2v) is 5.52. The van der Waals surface area contributed by atoms with Crippen molar-refractivity contribution in [1.29, 1.82) is 0 Å². The first-order chi connectivity index (χ1) is 8.24. The molecule has 17 heavy (non-hydrogen) atoms. The Morgan fingerprint density at radius 1 is 1.06 bits per heavy atom. The molecule has 0 amide bonds. The molecule has 3 rings (SSSR count). The van der Waals surface area contributed by atoms with Crippen molar-refractivity contribution < 1.29 is 0 Å². The average Bonchev–Trinajstić information content (AvgIpc) is 2.81. The van der Waals surface area contributed by atoms with Gasteiger partial charge < -0.3 is 0 Å². The van der Waals surface area contributed by atoms with Gasteiger partial charge in [0.2, 0.25) is 0 Å². The van der Waals surface area contributed by atoms with Gasteiger partial charge in [0, 0.05) is 22.0 Å². The monoisotopic (exact) mass is 265 g/mol. The van der Waals surface area contributed by atoms with Crippen LogP contribution in [0.25, 0.3) is 10.9 Å². The Morgan fingerprint density at radius 3 is 2.59 bits per heavy atom. The Kier molecular flexibility index (Phi) is 2.97. The molecule has 0 bridgehead atoms. The maximum Gasteiger partial charge on any atom is 0.0735 e. The predicted octanol–water partition coefficient (Wildman–Crippen LogP) is 5.20. The number of hydrogen-bond donors (Lipinski definition) is 0. The minimum atomic E-state index is 0.580. The summed E-state index contributed by atoms with van der Waals surface area (Å²) >= 11 is 12.3. The van der Waals surface area contributed by atoms with Crippen LogP contribution in [0.15, 0.2) is 24.3 Å². The molecule has 1 aliphatic carbocycles. The molecule has 1 saturated carbocycles. The van der Waals surface area contributed by atoms with Crippen molar-refractivity contribution in [2.75, 3.05) is 0 Å². The highest BCUT2D eigenvalue weighted by molar-refractivity contribution is 6.36. The summed E-state index contributed by atoms with van der Waals surface area (Å²) in [5, 5.41) is 2.48. The molecule has 0 aliphatic heterocycles. The van der Waals surface area contributed by atoms with E-state index in [9.17, 15) is 0 Å². The van der Waals surface area contributed by atoms with Gasteiger partial charge in [-0.15, -0.1) is 0 Å². The Labute approximate surface area is 111 Å². The molecule has 0 unspecified atom stereocenters. The lowest BCUT2D eigenvalue weighted by molar-refractivity contribution is 0.701. The number of pyridine rings is 1. The zero-order valence-corrected chi connectivity index (χ0v) is 10.9. The molecule has 0 spiro atoms. The van der Waals surface area contributed by atoms with Gasteiger partial charge in [-0.2, -0.15) is 0 Å². The third-order valence-electron chi connectivity index (χ3n) is 3.51. The first-order valence-corrected chi connectivity index (χ1v) is 6.75. The third kappa shape index (κ3) is 2.14. The van der Waals surface area contributed by atoms with Crippen molar-refractivity contribution in [3.63, 3.8) is 0 Å². The fraction of sp³-hybridized carbons (Fsp3) is 0.357. The summed E-state index contributed by atoms with van der Waals surface area (Å²) in [5.41, 5.74) is 2.04. The van der Waals surface area contributed by atoms with Gasteiger partial charge in [0.15, 0.2) is 0 Å². The molecule has 1 aromatic carbocycles. The molecule has 0 N–H and O–H groups in total. The van der Waals surface area contributed by atoms with E-state index in [-0.39, 0.29) is 0 Å². The Bertz CT molecular complexity index is 559. The van der Waals surface area contributed by atoms with E-state index in [2.05, 4.69) is 0 Å². The third-order valence-corrected chi connectivity index (χ3v) is 4.06. The number of halogens is 2. The van der Waals surface area contributed by atoms with Gasteiger partial charge in [-0.1, -0.05) is 36.0 Å². The van der Waals surface area contributed by atoms with Crippen LogP contribution >= 0.6 is 23.2 Å². The minimum Gasteiger partial charge on any atom is -0.252 e. The molecular weight excluding hydrogens is 253 g/mol. The van der Waals surface area contributed by atoms with E-state index in [0.717, 1.165) is 21.6 Å². The summed E-state index contributed by atoms with van der Waals surface area (Å²) < 4.78 is 0. The van der Waals surface area contributed by atoms with Crippen LogP contribution in [0.3, 0.4) is 0 Å². The molecular formula is C14H13Cl2N. The molecule has 0 saturated heterocycles. The molecule has 0 radical (unpaired) electrons. The van der Waals surface area contributed by atoms with Crippen LogP contribution in [0, 0.1) is 0 Å². The Morgan fingerprint density at radius 2 is 1.82 bits per heavy atom. The lowest BCUT2D eigenvalue weighted by Crippen LogP contribution is -1.97. The van der Waals surface area contributed by atoms with Gasteiger partial charge in [-0.25, -0.2) is 0 Å². The number of fused-ring (bicyclic) bond motifs is 1. The van der Waals surface area contributed by atoms with Crippen molar-refractivity contribution in [2.45, 2.75) is 31.6 Å². The zero-order chi connectivity index (χ0) is 11.8. The summed E-state index contributed by atoms with van der Waals surface area (Å²) in [6, 6.07) is 7.70. The maximum absolute atomic E-state index is 6.31. The van der Waals surface area contributed by atoms with Gasteiger partial charge in [0.1, 0.15) is 0 Å². The summed E-state index contributed by atoms with van der Waals surface area (Å²) in [5.74, 6) is 0.580. The Balaban J connectivity index is 2.14. The van der Waals surface area contributed by atoms with Crippen molar-refractivity contribution in [2.24, 2.45) is 0 Å². The number of rotatable bonds is 1. The number of aromatic nitrogens is 1. The lowest BCUT2D eigenvalue weighted by Gasteiger charge is -2.11. The van der Waals surface area contributed by atoms with Crippen LogP contribution in [-0.2, 0) is 0 Å². The van der Waals surface area contributed by atoms with E-state index in [1.165, 1.54) is 25.7 Å². The first kappa shape index (κ1) is 11.3. The van der Waals surface area contributed by atoms with E-state index in [0.29, 0.717) is 10.9 Å². The normalized spacial score (nSPS) is 16.8. The Hall–Kier alpha value is -0.790. The largest absolute Gasteiger partial charge is 0.252 e. The molecule has 1 aliphatic rings. The summed E-state index contributed by atoms with van der Waals surface area (Å²) in [7, 11) is 0. The standard InChI is InChI=1S/C14H13Cl2N/c15-10-5-6-11-12(16)8-13(17-14(11)7-10)9-3-1-2-4-9/h5-9H,1-4H2. The van der Waals surface area contributed by atoms with Crippen molar-refractivity contribution >= 4 is 34.1 Å². The predicted molar refractivity (Wildman–Crippen MR) is 73.0 cm³/mol. The van der Waals surface area contributed by atoms with Crippen LogP contribution in [0.4, 0.5) is 0 Å². The van der Waals surface area contributed by atoms with E-state index in [4.69, 9.17) is 28.2 Å². The van der Waals surface area contributed by atoms with Gasteiger partial charge in [0.05, 0.1) is 10.5 Å². The molecule has 1 aromatic heterocycles. The van der Waals surface area contributed by atoms with Crippen LogP contribution in [0.1, 0.15) is 37.3 Å². The smallest absolute Gasteiger partial charge is 0.0735 e. The van der Waals surface area contributed by atoms with Gasteiger partial charge in [0.25, 0.3) is 0 Å². The summed E-state index contributed by atoms with van der Waals surface area (Å²) in [6.45, 7) is 0. The van der Waals surface area contributed by atoms with Crippen molar-refractivity contribution in [3.8, 4) is 0 Å². The molecule has 1 heterocycles. The second-order valence-electron chi connectivity index (χ2n) is 4.67. The second kappa shape index (κ2) is 4.47. The highest BCUT2D eigenvalue weighted by atomic mass is 35.5. The maximum atomic E-state index is 6.31. The van der Waals surface area contributed by atoms with Crippen LogP contribution < -0.4 is 0 Å². The highest BCUT2D eigenvalue weighted by Gasteiger charge is 2.19. The zero-order valence-electron chi connectivity index (χ0n) is 9.42. The molecule has 88 valence electrons. The number of hydrogen-bond acceptors (Lipinski definition) is 1. The fourth-order valence-corrected chi connectivity index (χ4v) is 3.05. The fourth-order valence-electron chi connectivity index (χ4n) is 2.61. The van der Waals surface area contributed by atoms with Crippen LogP contribution in [0.5, 0.6) is 0 Å². The minimum absolute atomic E-state index is 0.580. The number of nitrogens with zero attached hydrogens (tertiary/aromatic N) is 1. The number of benzene rings is 1. The molecule has 3 heteroatoms. The summed E-state index contributed by atoms with van der Waals surface area (Å²) in [6.07, 6.45) is 5.07. The van der Waals surface area contributed by atoms with Crippen LogP contribution in [0.2, 0.25) is 10.0 Å². The van der Waals surface area contributed by atoms with Crippen molar-refractivity contribution in [1.82, 2.24) is 4.98 Å². The van der Waals surface area contributed by atoms with Gasteiger partial charge in [-0.05, 0) is 37.1 Å². The molecule has 0 atom stereocenters. The molecule has 1 nitrogen and oxygen atoms in total. The molecule has 1 fully saturated rings. The lowest BCUT2D eigenvalue weighted by atomic mass is 10.0. The van der Waals surface area contributed by atoms with E-state index < -0.39 is 0 Å².